The summed E-state index contributed by atoms with van der Waals surface area (Å²) in [6, 6.07) is 23.5. The topological polar surface area (TPSA) is 92.6 Å². The molecule has 0 saturated carbocycles. The van der Waals surface area contributed by atoms with Crippen LogP contribution in [0.15, 0.2) is 78.9 Å². The van der Waals surface area contributed by atoms with Crippen molar-refractivity contribution in [2.45, 2.75) is 51.4 Å². The summed E-state index contributed by atoms with van der Waals surface area (Å²) in [4.78, 5) is 39.3. The minimum atomic E-state index is -0.650. The van der Waals surface area contributed by atoms with E-state index in [4.69, 9.17) is 0 Å². The highest BCUT2D eigenvalue weighted by Crippen LogP contribution is 2.20. The molecule has 0 unspecified atom stereocenters. The number of rotatable bonds is 14. The van der Waals surface area contributed by atoms with Gasteiger partial charge in [-0.05, 0) is 30.0 Å². The van der Waals surface area contributed by atoms with Crippen LogP contribution in [0.1, 0.15) is 42.0 Å². The third kappa shape index (κ3) is 9.03. The number of amides is 2. The third-order valence-electron chi connectivity index (χ3n) is 6.22. The smallest absolute Gasteiger partial charge is 0.269 e. The highest BCUT2D eigenvalue weighted by Gasteiger charge is 2.30. The van der Waals surface area contributed by atoms with E-state index in [9.17, 15) is 19.7 Å². The average Bonchev–Trinajstić information content (AvgIpc) is 2.92. The van der Waals surface area contributed by atoms with Gasteiger partial charge >= 0.3 is 0 Å². The zero-order valence-electron chi connectivity index (χ0n) is 22.0. The Labute approximate surface area is 228 Å². The largest absolute Gasteiger partial charge is 0.354 e. The van der Waals surface area contributed by atoms with E-state index in [-0.39, 0.29) is 23.3 Å². The van der Waals surface area contributed by atoms with E-state index in [0.717, 1.165) is 35.1 Å². The molecule has 0 aliphatic carbocycles. The summed E-state index contributed by atoms with van der Waals surface area (Å²) in [7, 11) is 0. The molecule has 0 fully saturated rings. The predicted octanol–water partition coefficient (Wildman–Crippen LogP) is 5.69. The number of hydrogen-bond acceptors (Lipinski definition) is 5. The Morgan fingerprint density at radius 3 is 2.24 bits per heavy atom. The molecule has 0 heterocycles. The first-order valence-electron chi connectivity index (χ1n) is 12.8. The first-order valence-corrected chi connectivity index (χ1v) is 14.0. The van der Waals surface area contributed by atoms with Gasteiger partial charge in [-0.25, -0.2) is 0 Å². The Hall–Kier alpha value is -3.65. The van der Waals surface area contributed by atoms with Crippen LogP contribution in [0.2, 0.25) is 0 Å². The van der Waals surface area contributed by atoms with Crippen molar-refractivity contribution in [3.8, 4) is 0 Å². The zero-order chi connectivity index (χ0) is 27.3. The van der Waals surface area contributed by atoms with Crippen molar-refractivity contribution < 1.29 is 14.5 Å². The summed E-state index contributed by atoms with van der Waals surface area (Å²) in [5.74, 6) is 0.456. The lowest BCUT2D eigenvalue weighted by molar-refractivity contribution is -0.384. The Bertz CT molecular complexity index is 1180. The van der Waals surface area contributed by atoms with Crippen LogP contribution in [0.3, 0.4) is 0 Å². The standard InChI is InChI=1S/C30H35N3O4S/c1-3-4-18-31-30(35)28(19-24-8-6-5-7-9-24)32(20-25-12-10-23(2)11-13-25)29(34)22-38-21-26-14-16-27(17-15-26)33(36)37/h5-17,28H,3-4,18-22H2,1-2H3,(H,31,35)/t28-/m0/s1. The lowest BCUT2D eigenvalue weighted by Crippen LogP contribution is -2.51. The lowest BCUT2D eigenvalue weighted by atomic mass is 10.0. The number of carbonyl (C=O) groups excluding carboxylic acids is 2. The van der Waals surface area contributed by atoms with Gasteiger partial charge in [0.25, 0.3) is 5.69 Å². The van der Waals surface area contributed by atoms with Gasteiger partial charge in [0.05, 0.1) is 10.7 Å². The molecule has 0 saturated heterocycles. The summed E-state index contributed by atoms with van der Waals surface area (Å²) < 4.78 is 0. The number of nitro groups is 1. The van der Waals surface area contributed by atoms with Crippen molar-refractivity contribution in [2.75, 3.05) is 12.3 Å². The van der Waals surface area contributed by atoms with Gasteiger partial charge in [-0.2, -0.15) is 0 Å². The molecule has 0 bridgehead atoms. The molecule has 7 nitrogen and oxygen atoms in total. The van der Waals surface area contributed by atoms with Gasteiger partial charge < -0.3 is 10.2 Å². The van der Waals surface area contributed by atoms with Crippen molar-refractivity contribution in [1.29, 1.82) is 0 Å². The van der Waals surface area contributed by atoms with E-state index in [1.54, 1.807) is 17.0 Å². The van der Waals surface area contributed by atoms with Crippen molar-refractivity contribution in [1.82, 2.24) is 10.2 Å². The lowest BCUT2D eigenvalue weighted by Gasteiger charge is -2.31. The summed E-state index contributed by atoms with van der Waals surface area (Å²) >= 11 is 1.43. The summed E-state index contributed by atoms with van der Waals surface area (Å²) in [5, 5.41) is 13.9. The van der Waals surface area contributed by atoms with E-state index in [0.29, 0.717) is 25.3 Å². The maximum absolute atomic E-state index is 13.7. The maximum Gasteiger partial charge on any atom is 0.269 e. The van der Waals surface area contributed by atoms with Gasteiger partial charge in [0, 0.05) is 37.4 Å². The molecule has 0 aliphatic heterocycles. The third-order valence-corrected chi connectivity index (χ3v) is 7.20. The van der Waals surface area contributed by atoms with Crippen molar-refractivity contribution in [3.63, 3.8) is 0 Å². The van der Waals surface area contributed by atoms with Gasteiger partial charge in [-0.15, -0.1) is 11.8 Å². The molecule has 200 valence electrons. The van der Waals surface area contributed by atoms with Crippen LogP contribution >= 0.6 is 11.8 Å². The fourth-order valence-electron chi connectivity index (χ4n) is 4.00. The van der Waals surface area contributed by atoms with E-state index in [1.807, 2.05) is 61.5 Å². The molecule has 0 aromatic heterocycles. The number of hydrogen-bond donors (Lipinski definition) is 1. The van der Waals surface area contributed by atoms with Crippen LogP contribution in [0.25, 0.3) is 0 Å². The maximum atomic E-state index is 13.7. The van der Waals surface area contributed by atoms with E-state index in [2.05, 4.69) is 12.2 Å². The Balaban J connectivity index is 1.80. The molecule has 3 rings (SSSR count). The highest BCUT2D eigenvalue weighted by atomic mass is 32.2. The van der Waals surface area contributed by atoms with Gasteiger partial charge in [0.2, 0.25) is 11.8 Å². The zero-order valence-corrected chi connectivity index (χ0v) is 22.8. The molecule has 0 radical (unpaired) electrons. The van der Waals surface area contributed by atoms with Gasteiger partial charge in [0.1, 0.15) is 6.04 Å². The van der Waals surface area contributed by atoms with Crippen LogP contribution in [0, 0.1) is 17.0 Å². The van der Waals surface area contributed by atoms with Crippen molar-refractivity contribution in [3.05, 3.63) is 111 Å². The molecule has 3 aromatic rings. The molecule has 1 N–H and O–H groups in total. The minimum Gasteiger partial charge on any atom is -0.354 e. The molecule has 0 spiro atoms. The normalized spacial score (nSPS) is 11.5. The molecule has 1 atom stereocenters. The van der Waals surface area contributed by atoms with Crippen LogP contribution in [-0.2, 0) is 28.3 Å². The molecule has 0 aliphatic rings. The predicted molar refractivity (Wildman–Crippen MR) is 153 cm³/mol. The first-order chi connectivity index (χ1) is 18.4. The van der Waals surface area contributed by atoms with Crippen LogP contribution < -0.4 is 5.32 Å². The fraction of sp³-hybridized carbons (Fsp3) is 0.333. The fourth-order valence-corrected chi connectivity index (χ4v) is 4.87. The summed E-state index contributed by atoms with van der Waals surface area (Å²) in [6.07, 6.45) is 2.26. The van der Waals surface area contributed by atoms with E-state index >= 15 is 0 Å². The summed E-state index contributed by atoms with van der Waals surface area (Å²) in [6.45, 7) is 4.99. The Kier molecular flexibility index (Phi) is 11.4. The number of carbonyl (C=O) groups is 2. The molecular formula is C30H35N3O4S. The van der Waals surface area contributed by atoms with E-state index in [1.165, 1.54) is 23.9 Å². The number of non-ortho nitro benzene ring substituents is 1. The van der Waals surface area contributed by atoms with Gasteiger partial charge in [-0.1, -0.05) is 85.6 Å². The number of nitrogens with zero attached hydrogens (tertiary/aromatic N) is 2. The quantitative estimate of drug-likeness (QED) is 0.163. The number of aryl methyl sites for hydroxylation is 1. The highest BCUT2D eigenvalue weighted by molar-refractivity contribution is 7.99. The number of unbranched alkanes of at least 4 members (excludes halogenated alkanes) is 1. The average molecular weight is 534 g/mol. The molecule has 2 amide bonds. The molecule has 3 aromatic carbocycles. The number of nitrogens with one attached hydrogen (secondary N) is 1. The second-order valence-corrected chi connectivity index (χ2v) is 10.3. The van der Waals surface area contributed by atoms with Crippen molar-refractivity contribution in [2.24, 2.45) is 0 Å². The Morgan fingerprint density at radius 1 is 0.947 bits per heavy atom. The number of benzene rings is 3. The number of thioether (sulfide) groups is 1. The molecule has 8 heteroatoms. The Morgan fingerprint density at radius 2 is 1.61 bits per heavy atom. The summed E-state index contributed by atoms with van der Waals surface area (Å²) in [5.41, 5.74) is 4.02. The molecular weight excluding hydrogens is 498 g/mol. The van der Waals surface area contributed by atoms with Gasteiger partial charge in [0.15, 0.2) is 0 Å². The first kappa shape index (κ1) is 28.9. The second-order valence-electron chi connectivity index (χ2n) is 9.27. The van der Waals surface area contributed by atoms with Crippen molar-refractivity contribution >= 4 is 29.3 Å². The van der Waals surface area contributed by atoms with E-state index < -0.39 is 11.0 Å². The second kappa shape index (κ2) is 14.9. The monoisotopic (exact) mass is 533 g/mol. The SMILES string of the molecule is CCCCNC(=O)[C@H](Cc1ccccc1)N(Cc1ccc(C)cc1)C(=O)CSCc1ccc([N+](=O)[O-])cc1. The minimum absolute atomic E-state index is 0.0388. The molecule has 38 heavy (non-hydrogen) atoms. The van der Waals surface area contributed by atoms with Crippen LogP contribution in [-0.4, -0.2) is 40.0 Å². The van der Waals surface area contributed by atoms with Crippen LogP contribution in [0.5, 0.6) is 0 Å². The number of nitro benzene ring substituents is 1. The van der Waals surface area contributed by atoms with Gasteiger partial charge in [-0.3, -0.25) is 19.7 Å². The van der Waals surface area contributed by atoms with Crippen LogP contribution in [0.4, 0.5) is 5.69 Å².